The molecule has 0 aliphatic rings. The van der Waals surface area contributed by atoms with Gasteiger partial charge in [-0.3, -0.25) is 4.74 Å². The molecule has 0 aromatic heterocycles. The van der Waals surface area contributed by atoms with Crippen molar-refractivity contribution < 1.29 is 17.9 Å². The van der Waals surface area contributed by atoms with Crippen LogP contribution in [0.15, 0.2) is 0 Å². The molecule has 0 fully saturated rings. The number of alkyl halides is 3. The fourth-order valence-electron chi connectivity index (χ4n) is 0.679. The smallest absolute Gasteiger partial charge is 0.292 e. The second kappa shape index (κ2) is 4.59. The zero-order chi connectivity index (χ0) is 8.91. The van der Waals surface area contributed by atoms with Gasteiger partial charge in [-0.05, 0) is 18.8 Å². The summed E-state index contributed by atoms with van der Waals surface area (Å²) in [6.45, 7) is 3.71. The molecule has 0 aliphatic carbocycles. The van der Waals surface area contributed by atoms with Crippen LogP contribution >= 0.6 is 0 Å². The van der Waals surface area contributed by atoms with E-state index >= 15 is 0 Å². The number of hydrogen-bond acceptors (Lipinski definition) is 1. The largest absolute Gasteiger partial charge is 0.522 e. The summed E-state index contributed by atoms with van der Waals surface area (Å²) in [5.41, 5.74) is 0. The predicted molar refractivity (Wildman–Crippen MR) is 36.1 cm³/mol. The maximum atomic E-state index is 11.4. The van der Waals surface area contributed by atoms with Crippen molar-refractivity contribution in [1.82, 2.24) is 0 Å². The van der Waals surface area contributed by atoms with Crippen molar-refractivity contribution in [3.05, 3.63) is 0 Å². The van der Waals surface area contributed by atoms with E-state index in [0.29, 0.717) is 12.3 Å². The van der Waals surface area contributed by atoms with E-state index in [0.717, 1.165) is 6.42 Å². The average Bonchev–Trinajstić information content (AvgIpc) is 1.78. The van der Waals surface area contributed by atoms with Gasteiger partial charge in [-0.1, -0.05) is 13.8 Å². The van der Waals surface area contributed by atoms with Gasteiger partial charge in [-0.2, -0.15) is 0 Å². The minimum atomic E-state index is -4.46. The molecule has 0 amide bonds. The molecule has 68 valence electrons. The third kappa shape index (κ3) is 9.75. The van der Waals surface area contributed by atoms with Crippen LogP contribution in [0.2, 0.25) is 0 Å². The van der Waals surface area contributed by atoms with E-state index in [4.69, 9.17) is 0 Å². The maximum Gasteiger partial charge on any atom is 0.522 e. The highest BCUT2D eigenvalue weighted by Crippen LogP contribution is 2.17. The summed E-state index contributed by atoms with van der Waals surface area (Å²) >= 11 is 0. The predicted octanol–water partition coefficient (Wildman–Crippen LogP) is 2.96. The van der Waals surface area contributed by atoms with E-state index in [9.17, 15) is 13.2 Å². The van der Waals surface area contributed by atoms with Crippen molar-refractivity contribution in [1.29, 1.82) is 0 Å². The third-order valence-corrected chi connectivity index (χ3v) is 1.19. The van der Waals surface area contributed by atoms with Gasteiger partial charge in [0, 0.05) is 0 Å². The van der Waals surface area contributed by atoms with Gasteiger partial charge < -0.3 is 0 Å². The first-order chi connectivity index (χ1) is 4.92. The Bertz CT molecular complexity index is 98.3. The van der Waals surface area contributed by atoms with E-state index in [1.54, 1.807) is 0 Å². The lowest BCUT2D eigenvalue weighted by atomic mass is 10.1. The standard InChI is InChI=1S/C7H13F3O/c1-6(2)4-3-5-11-7(8,9)10/h6H,3-5H2,1-2H3. The van der Waals surface area contributed by atoms with Crippen LogP contribution in [0.4, 0.5) is 13.2 Å². The van der Waals surface area contributed by atoms with Crippen LogP contribution in [0.1, 0.15) is 26.7 Å². The Morgan fingerprint density at radius 2 is 1.82 bits per heavy atom. The zero-order valence-electron chi connectivity index (χ0n) is 6.74. The Morgan fingerprint density at radius 1 is 1.27 bits per heavy atom. The summed E-state index contributed by atoms with van der Waals surface area (Å²) in [6, 6.07) is 0. The van der Waals surface area contributed by atoms with Gasteiger partial charge in [0.25, 0.3) is 0 Å². The Hall–Kier alpha value is -0.250. The summed E-state index contributed by atoms with van der Waals surface area (Å²) < 4.78 is 37.7. The van der Waals surface area contributed by atoms with Crippen LogP contribution in [0.3, 0.4) is 0 Å². The summed E-state index contributed by atoms with van der Waals surface area (Å²) in [7, 11) is 0. The first kappa shape index (κ1) is 10.8. The van der Waals surface area contributed by atoms with Crippen molar-refractivity contribution >= 4 is 0 Å². The summed E-state index contributed by atoms with van der Waals surface area (Å²) in [5, 5.41) is 0. The molecule has 0 aromatic carbocycles. The maximum absolute atomic E-state index is 11.4. The summed E-state index contributed by atoms with van der Waals surface area (Å²) in [5.74, 6) is 0.437. The van der Waals surface area contributed by atoms with Crippen LogP contribution in [-0.4, -0.2) is 13.0 Å². The second-order valence-electron chi connectivity index (χ2n) is 2.83. The first-order valence-corrected chi connectivity index (χ1v) is 3.62. The van der Waals surface area contributed by atoms with Gasteiger partial charge in [-0.25, -0.2) is 0 Å². The van der Waals surface area contributed by atoms with Crippen molar-refractivity contribution in [2.75, 3.05) is 6.61 Å². The SMILES string of the molecule is CC(C)CCCOC(F)(F)F. The number of ether oxygens (including phenoxy) is 1. The van der Waals surface area contributed by atoms with Crippen LogP contribution in [-0.2, 0) is 4.74 Å². The molecule has 0 aliphatic heterocycles. The highest BCUT2D eigenvalue weighted by Gasteiger charge is 2.28. The van der Waals surface area contributed by atoms with E-state index in [1.165, 1.54) is 0 Å². The molecular weight excluding hydrogens is 157 g/mol. The lowest BCUT2D eigenvalue weighted by molar-refractivity contribution is -0.324. The molecule has 0 aromatic rings. The van der Waals surface area contributed by atoms with Gasteiger partial charge in [0.1, 0.15) is 0 Å². The van der Waals surface area contributed by atoms with E-state index in [1.807, 2.05) is 13.8 Å². The monoisotopic (exact) mass is 170 g/mol. The molecule has 0 unspecified atom stereocenters. The van der Waals surface area contributed by atoms with Crippen LogP contribution in [0.25, 0.3) is 0 Å². The van der Waals surface area contributed by atoms with Gasteiger partial charge in [0.05, 0.1) is 6.61 Å². The summed E-state index contributed by atoms with van der Waals surface area (Å²) in [4.78, 5) is 0. The van der Waals surface area contributed by atoms with Crippen LogP contribution < -0.4 is 0 Å². The number of rotatable bonds is 4. The van der Waals surface area contributed by atoms with Crippen molar-refractivity contribution in [3.8, 4) is 0 Å². The van der Waals surface area contributed by atoms with Gasteiger partial charge in [0.2, 0.25) is 0 Å². The van der Waals surface area contributed by atoms with Crippen molar-refractivity contribution in [3.63, 3.8) is 0 Å². The van der Waals surface area contributed by atoms with Gasteiger partial charge in [-0.15, -0.1) is 13.2 Å². The third-order valence-electron chi connectivity index (χ3n) is 1.19. The number of hydrogen-bond donors (Lipinski definition) is 0. The molecule has 0 saturated carbocycles. The highest BCUT2D eigenvalue weighted by atomic mass is 19.4. The number of halogens is 3. The lowest BCUT2D eigenvalue weighted by Crippen LogP contribution is -2.14. The average molecular weight is 170 g/mol. The lowest BCUT2D eigenvalue weighted by Gasteiger charge is -2.07. The Morgan fingerprint density at radius 3 is 2.18 bits per heavy atom. The van der Waals surface area contributed by atoms with E-state index < -0.39 is 6.36 Å². The second-order valence-corrected chi connectivity index (χ2v) is 2.83. The zero-order valence-corrected chi connectivity index (χ0v) is 6.74. The molecule has 0 rings (SSSR count). The molecule has 0 spiro atoms. The molecular formula is C7H13F3O. The molecule has 0 N–H and O–H groups in total. The Labute approximate surface area is 64.5 Å². The Kier molecular flexibility index (Phi) is 4.49. The summed E-state index contributed by atoms with van der Waals surface area (Å²) in [6.07, 6.45) is -3.22. The molecule has 0 radical (unpaired) electrons. The van der Waals surface area contributed by atoms with Crippen LogP contribution in [0, 0.1) is 5.92 Å². The fraction of sp³-hybridized carbons (Fsp3) is 1.00. The molecule has 0 heterocycles. The molecule has 0 saturated heterocycles. The molecule has 0 atom stereocenters. The quantitative estimate of drug-likeness (QED) is 0.589. The normalized spacial score (nSPS) is 12.5. The molecule has 11 heavy (non-hydrogen) atoms. The van der Waals surface area contributed by atoms with E-state index in [-0.39, 0.29) is 6.61 Å². The van der Waals surface area contributed by atoms with Gasteiger partial charge in [0.15, 0.2) is 0 Å². The molecule has 4 heteroatoms. The fourth-order valence-corrected chi connectivity index (χ4v) is 0.679. The minimum absolute atomic E-state index is 0.221. The van der Waals surface area contributed by atoms with Gasteiger partial charge >= 0.3 is 6.36 Å². The van der Waals surface area contributed by atoms with Crippen molar-refractivity contribution in [2.24, 2.45) is 5.92 Å². The molecule has 0 bridgehead atoms. The van der Waals surface area contributed by atoms with E-state index in [2.05, 4.69) is 4.74 Å². The van der Waals surface area contributed by atoms with Crippen molar-refractivity contribution in [2.45, 2.75) is 33.1 Å². The topological polar surface area (TPSA) is 9.23 Å². The van der Waals surface area contributed by atoms with Crippen LogP contribution in [0.5, 0.6) is 0 Å². The Balaban J connectivity index is 3.15. The first-order valence-electron chi connectivity index (χ1n) is 3.62. The minimum Gasteiger partial charge on any atom is -0.292 e. The molecule has 1 nitrogen and oxygen atoms in total. The highest BCUT2D eigenvalue weighted by molar-refractivity contribution is 4.44.